The van der Waals surface area contributed by atoms with Crippen molar-refractivity contribution in [3.8, 4) is 0 Å². The maximum Gasteiger partial charge on any atom is 0.251 e. The molecule has 0 aliphatic heterocycles. The van der Waals surface area contributed by atoms with Crippen molar-refractivity contribution >= 4 is 11.6 Å². The average Bonchev–Trinajstić information content (AvgIpc) is 2.43. The van der Waals surface area contributed by atoms with Gasteiger partial charge in [-0.25, -0.2) is 0 Å². The van der Waals surface area contributed by atoms with Gasteiger partial charge in [-0.2, -0.15) is 0 Å². The number of anilines is 1. The van der Waals surface area contributed by atoms with Gasteiger partial charge in [0.15, 0.2) is 0 Å². The molecular weight excluding hydrogens is 252 g/mol. The molecule has 0 saturated carbocycles. The van der Waals surface area contributed by atoms with E-state index in [-0.39, 0.29) is 18.0 Å². The third-order valence-corrected chi connectivity index (χ3v) is 3.11. The maximum atomic E-state index is 11.9. The zero-order chi connectivity index (χ0) is 14.5. The SMILES string of the molecule is CCc1ccc(NC(=O)Cn2ccc(C)cc2=O)cc1. The molecule has 0 spiro atoms. The quantitative estimate of drug-likeness (QED) is 0.927. The van der Waals surface area contributed by atoms with Crippen LogP contribution in [-0.4, -0.2) is 10.5 Å². The van der Waals surface area contributed by atoms with Crippen LogP contribution in [0.15, 0.2) is 47.4 Å². The first-order valence-electron chi connectivity index (χ1n) is 6.64. The Morgan fingerprint density at radius 1 is 1.20 bits per heavy atom. The number of rotatable bonds is 4. The number of amides is 1. The van der Waals surface area contributed by atoms with Gasteiger partial charge in [-0.3, -0.25) is 9.59 Å². The summed E-state index contributed by atoms with van der Waals surface area (Å²) < 4.78 is 1.39. The normalized spacial score (nSPS) is 10.3. The number of hydrogen-bond donors (Lipinski definition) is 1. The minimum atomic E-state index is -0.208. The van der Waals surface area contributed by atoms with Gasteiger partial charge >= 0.3 is 0 Å². The number of benzene rings is 1. The number of carbonyl (C=O) groups excluding carboxylic acids is 1. The van der Waals surface area contributed by atoms with Crippen LogP contribution < -0.4 is 10.9 Å². The van der Waals surface area contributed by atoms with E-state index < -0.39 is 0 Å². The van der Waals surface area contributed by atoms with Crippen molar-refractivity contribution < 1.29 is 4.79 Å². The first-order valence-corrected chi connectivity index (χ1v) is 6.64. The average molecular weight is 270 g/mol. The van der Waals surface area contributed by atoms with E-state index in [1.165, 1.54) is 16.2 Å². The van der Waals surface area contributed by atoms with Crippen LogP contribution >= 0.6 is 0 Å². The zero-order valence-electron chi connectivity index (χ0n) is 11.7. The molecule has 2 rings (SSSR count). The number of aromatic nitrogens is 1. The summed E-state index contributed by atoms with van der Waals surface area (Å²) in [4.78, 5) is 23.6. The molecule has 2 aromatic rings. The Morgan fingerprint density at radius 2 is 1.90 bits per heavy atom. The molecular formula is C16H18N2O2. The first kappa shape index (κ1) is 14.1. The van der Waals surface area contributed by atoms with Crippen molar-refractivity contribution in [3.63, 3.8) is 0 Å². The molecule has 1 N–H and O–H groups in total. The van der Waals surface area contributed by atoms with Gasteiger partial charge in [-0.1, -0.05) is 19.1 Å². The lowest BCUT2D eigenvalue weighted by Crippen LogP contribution is -2.26. The van der Waals surface area contributed by atoms with Crippen molar-refractivity contribution in [1.29, 1.82) is 0 Å². The number of hydrogen-bond acceptors (Lipinski definition) is 2. The van der Waals surface area contributed by atoms with Gasteiger partial charge in [0, 0.05) is 18.0 Å². The van der Waals surface area contributed by atoms with Crippen molar-refractivity contribution in [1.82, 2.24) is 4.57 Å². The van der Waals surface area contributed by atoms with E-state index in [0.717, 1.165) is 17.7 Å². The van der Waals surface area contributed by atoms with Crippen LogP contribution in [0.2, 0.25) is 0 Å². The van der Waals surface area contributed by atoms with Crippen LogP contribution in [0.5, 0.6) is 0 Å². The molecule has 1 aromatic heterocycles. The molecule has 0 saturated heterocycles. The van der Waals surface area contributed by atoms with Gasteiger partial charge in [0.2, 0.25) is 5.91 Å². The second-order valence-electron chi connectivity index (χ2n) is 4.77. The van der Waals surface area contributed by atoms with Crippen molar-refractivity contribution in [2.24, 2.45) is 0 Å². The van der Waals surface area contributed by atoms with Crippen LogP contribution in [0.3, 0.4) is 0 Å². The summed E-state index contributed by atoms with van der Waals surface area (Å²) in [5.74, 6) is -0.208. The third kappa shape index (κ3) is 3.57. The Hall–Kier alpha value is -2.36. The van der Waals surface area contributed by atoms with E-state index in [1.54, 1.807) is 6.20 Å². The highest BCUT2D eigenvalue weighted by atomic mass is 16.2. The van der Waals surface area contributed by atoms with Crippen molar-refractivity contribution in [3.05, 3.63) is 64.1 Å². The van der Waals surface area contributed by atoms with Crippen molar-refractivity contribution in [2.45, 2.75) is 26.8 Å². The van der Waals surface area contributed by atoms with Gasteiger partial charge in [0.1, 0.15) is 6.54 Å². The summed E-state index contributed by atoms with van der Waals surface area (Å²) in [6.07, 6.45) is 2.60. The number of carbonyl (C=O) groups is 1. The van der Waals surface area contributed by atoms with Crippen LogP contribution in [0, 0.1) is 6.92 Å². The van der Waals surface area contributed by atoms with E-state index in [4.69, 9.17) is 0 Å². The predicted octanol–water partition coefficient (Wildman–Crippen LogP) is 2.36. The van der Waals surface area contributed by atoms with Gasteiger partial charge < -0.3 is 9.88 Å². The standard InChI is InChI=1S/C16H18N2O2/c1-3-13-4-6-14(7-5-13)17-15(19)11-18-9-8-12(2)10-16(18)20/h4-10H,3,11H2,1-2H3,(H,17,19). The van der Waals surface area contributed by atoms with Gasteiger partial charge in [0.05, 0.1) is 0 Å². The lowest BCUT2D eigenvalue weighted by molar-refractivity contribution is -0.116. The van der Waals surface area contributed by atoms with E-state index >= 15 is 0 Å². The second kappa shape index (κ2) is 6.19. The Kier molecular flexibility index (Phi) is 4.35. The number of nitrogens with zero attached hydrogens (tertiary/aromatic N) is 1. The van der Waals surface area contributed by atoms with E-state index in [2.05, 4.69) is 12.2 Å². The summed E-state index contributed by atoms with van der Waals surface area (Å²) in [5.41, 5.74) is 2.69. The Labute approximate surface area is 118 Å². The molecule has 0 aliphatic rings. The number of nitrogens with one attached hydrogen (secondary N) is 1. The molecule has 0 fully saturated rings. The molecule has 0 radical (unpaired) electrons. The zero-order valence-corrected chi connectivity index (χ0v) is 11.7. The smallest absolute Gasteiger partial charge is 0.251 e. The molecule has 1 heterocycles. The highest BCUT2D eigenvalue weighted by Gasteiger charge is 2.05. The summed E-state index contributed by atoms with van der Waals surface area (Å²) in [6.45, 7) is 3.95. The Morgan fingerprint density at radius 3 is 2.50 bits per heavy atom. The van der Waals surface area contributed by atoms with Crippen molar-refractivity contribution in [2.75, 3.05) is 5.32 Å². The lowest BCUT2D eigenvalue weighted by atomic mass is 10.1. The summed E-state index contributed by atoms with van der Waals surface area (Å²) >= 11 is 0. The van der Waals surface area contributed by atoms with Gasteiger partial charge in [0.25, 0.3) is 5.56 Å². The fourth-order valence-corrected chi connectivity index (χ4v) is 1.92. The first-order chi connectivity index (χ1) is 9.58. The summed E-state index contributed by atoms with van der Waals surface area (Å²) in [5, 5.41) is 2.78. The molecule has 1 amide bonds. The lowest BCUT2D eigenvalue weighted by Gasteiger charge is -2.08. The molecule has 0 bridgehead atoms. The van der Waals surface area contributed by atoms with E-state index in [0.29, 0.717) is 0 Å². The van der Waals surface area contributed by atoms with E-state index in [1.807, 2.05) is 37.3 Å². The maximum absolute atomic E-state index is 11.9. The molecule has 4 heteroatoms. The monoisotopic (exact) mass is 270 g/mol. The second-order valence-corrected chi connectivity index (χ2v) is 4.77. The predicted molar refractivity (Wildman–Crippen MR) is 79.9 cm³/mol. The summed E-state index contributed by atoms with van der Waals surface area (Å²) in [6, 6.07) is 11.0. The summed E-state index contributed by atoms with van der Waals surface area (Å²) in [7, 11) is 0. The Balaban J connectivity index is 2.03. The van der Waals surface area contributed by atoms with Crippen LogP contribution in [0.4, 0.5) is 5.69 Å². The fourth-order valence-electron chi connectivity index (χ4n) is 1.92. The van der Waals surface area contributed by atoms with Crippen LogP contribution in [0.25, 0.3) is 0 Å². The minimum Gasteiger partial charge on any atom is -0.325 e. The molecule has 4 nitrogen and oxygen atoms in total. The third-order valence-electron chi connectivity index (χ3n) is 3.11. The molecule has 0 atom stereocenters. The highest BCUT2D eigenvalue weighted by molar-refractivity contribution is 5.90. The largest absolute Gasteiger partial charge is 0.325 e. The molecule has 104 valence electrons. The fraction of sp³-hybridized carbons (Fsp3) is 0.250. The minimum absolute atomic E-state index is 0.0225. The topological polar surface area (TPSA) is 51.1 Å². The number of aryl methyl sites for hydroxylation is 2. The van der Waals surface area contributed by atoms with Crippen LogP contribution in [-0.2, 0) is 17.8 Å². The van der Waals surface area contributed by atoms with E-state index in [9.17, 15) is 9.59 Å². The van der Waals surface area contributed by atoms with Gasteiger partial charge in [-0.15, -0.1) is 0 Å². The Bertz CT molecular complexity index is 657. The molecule has 0 aliphatic carbocycles. The molecule has 0 unspecified atom stereocenters. The van der Waals surface area contributed by atoms with Crippen LogP contribution in [0.1, 0.15) is 18.1 Å². The molecule has 1 aromatic carbocycles. The molecule has 20 heavy (non-hydrogen) atoms. The number of pyridine rings is 1. The highest BCUT2D eigenvalue weighted by Crippen LogP contribution is 2.09. The van der Waals surface area contributed by atoms with Gasteiger partial charge in [-0.05, 0) is 42.7 Å².